The van der Waals surface area contributed by atoms with Gasteiger partial charge in [-0.2, -0.15) is 0 Å². The molecular formula is C20H32N4O3. The van der Waals surface area contributed by atoms with Crippen LogP contribution in [0.25, 0.3) is 0 Å². The van der Waals surface area contributed by atoms with Gasteiger partial charge in [-0.25, -0.2) is 0 Å². The topological polar surface area (TPSA) is 84.0 Å². The van der Waals surface area contributed by atoms with E-state index < -0.39 is 0 Å². The number of hydrogen-bond acceptors (Lipinski definition) is 4. The largest absolute Gasteiger partial charge is 0.381 e. The van der Waals surface area contributed by atoms with Crippen molar-refractivity contribution in [3.8, 4) is 0 Å². The maximum atomic E-state index is 11.0. The van der Waals surface area contributed by atoms with Crippen LogP contribution in [-0.4, -0.2) is 58.4 Å². The van der Waals surface area contributed by atoms with Crippen molar-refractivity contribution < 1.29 is 14.3 Å². The summed E-state index contributed by atoms with van der Waals surface area (Å²) in [7, 11) is 1.77. The first-order valence-corrected chi connectivity index (χ1v) is 9.64. The highest BCUT2D eigenvalue weighted by atomic mass is 16.5. The minimum absolute atomic E-state index is 0.0581. The molecule has 1 saturated heterocycles. The third-order valence-electron chi connectivity index (χ3n) is 4.34. The minimum atomic E-state index is -0.0581. The fourth-order valence-electron chi connectivity index (χ4n) is 2.85. The van der Waals surface area contributed by atoms with E-state index in [-0.39, 0.29) is 5.91 Å². The Bertz CT molecular complexity index is 583. The van der Waals surface area contributed by atoms with Gasteiger partial charge in [0.25, 0.3) is 0 Å². The van der Waals surface area contributed by atoms with Crippen LogP contribution in [0.15, 0.2) is 29.3 Å². The lowest BCUT2D eigenvalue weighted by Crippen LogP contribution is -2.39. The van der Waals surface area contributed by atoms with E-state index in [2.05, 4.69) is 20.9 Å². The molecule has 1 atom stereocenters. The van der Waals surface area contributed by atoms with Crippen molar-refractivity contribution in [1.29, 1.82) is 0 Å². The molecule has 1 aromatic rings. The van der Waals surface area contributed by atoms with Crippen molar-refractivity contribution in [2.24, 2.45) is 10.9 Å². The third-order valence-corrected chi connectivity index (χ3v) is 4.34. The monoisotopic (exact) mass is 376 g/mol. The Morgan fingerprint density at radius 3 is 2.70 bits per heavy atom. The Balaban J connectivity index is 1.53. The number of rotatable bonds is 10. The molecule has 0 spiro atoms. The number of nitrogens with one attached hydrogen (secondary N) is 3. The molecule has 1 heterocycles. The van der Waals surface area contributed by atoms with Gasteiger partial charge in [-0.15, -0.1) is 0 Å². The van der Waals surface area contributed by atoms with Gasteiger partial charge in [0.05, 0.1) is 13.2 Å². The summed E-state index contributed by atoms with van der Waals surface area (Å²) in [6.45, 7) is 6.38. The summed E-state index contributed by atoms with van der Waals surface area (Å²) in [5.74, 6) is 1.31. The van der Waals surface area contributed by atoms with E-state index in [1.165, 1.54) is 12.5 Å². The lowest BCUT2D eigenvalue weighted by molar-refractivity contribution is -0.114. The third kappa shape index (κ3) is 8.88. The van der Waals surface area contributed by atoms with Crippen LogP contribution in [0, 0.1) is 5.92 Å². The Kier molecular flexibility index (Phi) is 9.65. The van der Waals surface area contributed by atoms with E-state index in [4.69, 9.17) is 9.47 Å². The number of amides is 1. The Hall–Kier alpha value is -2.12. The molecule has 7 heteroatoms. The quantitative estimate of drug-likeness (QED) is 0.329. The van der Waals surface area contributed by atoms with E-state index in [1.807, 2.05) is 24.3 Å². The standard InChI is InChI=1S/C20H32N4O3/c1-16(25)24-19-6-4-17(5-7-19)8-11-23-20(21-2)22-10-3-12-26-14-18-9-13-27-15-18/h4-7,18H,3,8-15H2,1-2H3,(H,24,25)(H2,21,22,23). The van der Waals surface area contributed by atoms with Crippen LogP contribution in [0.3, 0.4) is 0 Å². The zero-order chi connectivity index (χ0) is 19.3. The summed E-state index contributed by atoms with van der Waals surface area (Å²) in [4.78, 5) is 15.3. The van der Waals surface area contributed by atoms with Gasteiger partial charge in [0.1, 0.15) is 0 Å². The Labute approximate surface area is 161 Å². The molecule has 150 valence electrons. The second-order valence-electron chi connectivity index (χ2n) is 6.71. The molecule has 0 bridgehead atoms. The van der Waals surface area contributed by atoms with Gasteiger partial charge in [0.15, 0.2) is 5.96 Å². The molecule has 1 aliphatic heterocycles. The Morgan fingerprint density at radius 1 is 1.26 bits per heavy atom. The van der Waals surface area contributed by atoms with Crippen LogP contribution in [0.5, 0.6) is 0 Å². The van der Waals surface area contributed by atoms with Crippen molar-refractivity contribution in [1.82, 2.24) is 10.6 Å². The van der Waals surface area contributed by atoms with Gasteiger partial charge >= 0.3 is 0 Å². The summed E-state index contributed by atoms with van der Waals surface area (Å²) in [6.07, 6.45) is 2.94. The smallest absolute Gasteiger partial charge is 0.221 e. The van der Waals surface area contributed by atoms with Crippen molar-refractivity contribution in [3.63, 3.8) is 0 Å². The number of carbonyl (C=O) groups is 1. The number of nitrogens with zero attached hydrogens (tertiary/aromatic N) is 1. The van der Waals surface area contributed by atoms with Crippen LogP contribution in [0.2, 0.25) is 0 Å². The maximum Gasteiger partial charge on any atom is 0.221 e. The number of hydrogen-bond donors (Lipinski definition) is 3. The number of aliphatic imine (C=N–C) groups is 1. The lowest BCUT2D eigenvalue weighted by Gasteiger charge is -2.13. The summed E-state index contributed by atoms with van der Waals surface area (Å²) >= 11 is 0. The number of benzene rings is 1. The number of ether oxygens (including phenoxy) is 2. The molecule has 0 saturated carbocycles. The summed E-state index contributed by atoms with van der Waals surface area (Å²) in [5.41, 5.74) is 2.02. The van der Waals surface area contributed by atoms with Gasteiger partial charge in [0, 0.05) is 51.9 Å². The minimum Gasteiger partial charge on any atom is -0.381 e. The zero-order valence-corrected chi connectivity index (χ0v) is 16.4. The molecule has 27 heavy (non-hydrogen) atoms. The summed E-state index contributed by atoms with van der Waals surface area (Å²) in [6, 6.07) is 7.88. The fourth-order valence-corrected chi connectivity index (χ4v) is 2.85. The predicted octanol–water partition coefficient (Wildman–Crippen LogP) is 1.80. The highest BCUT2D eigenvalue weighted by Gasteiger charge is 2.15. The van der Waals surface area contributed by atoms with E-state index in [9.17, 15) is 4.79 Å². The number of anilines is 1. The van der Waals surface area contributed by atoms with Gasteiger partial charge in [-0.1, -0.05) is 12.1 Å². The second-order valence-corrected chi connectivity index (χ2v) is 6.71. The molecule has 1 amide bonds. The summed E-state index contributed by atoms with van der Waals surface area (Å²) in [5, 5.41) is 9.38. The van der Waals surface area contributed by atoms with Gasteiger partial charge in [-0.3, -0.25) is 9.79 Å². The van der Waals surface area contributed by atoms with Crippen molar-refractivity contribution in [3.05, 3.63) is 29.8 Å². The molecule has 7 nitrogen and oxygen atoms in total. The Morgan fingerprint density at radius 2 is 2.04 bits per heavy atom. The van der Waals surface area contributed by atoms with Gasteiger partial charge in [0.2, 0.25) is 5.91 Å². The molecule has 1 fully saturated rings. The van der Waals surface area contributed by atoms with Crippen LogP contribution in [-0.2, 0) is 20.7 Å². The first kappa shape index (κ1) is 21.2. The average Bonchev–Trinajstić information content (AvgIpc) is 3.17. The van der Waals surface area contributed by atoms with Gasteiger partial charge in [-0.05, 0) is 37.0 Å². The number of carbonyl (C=O) groups excluding carboxylic acids is 1. The molecule has 0 aromatic heterocycles. The molecule has 2 rings (SSSR count). The first-order chi connectivity index (χ1) is 13.2. The second kappa shape index (κ2) is 12.3. The van der Waals surface area contributed by atoms with Crippen molar-refractivity contribution in [2.75, 3.05) is 51.9 Å². The van der Waals surface area contributed by atoms with Crippen LogP contribution >= 0.6 is 0 Å². The molecule has 1 unspecified atom stereocenters. The molecule has 3 N–H and O–H groups in total. The normalized spacial score (nSPS) is 17.0. The highest BCUT2D eigenvalue weighted by molar-refractivity contribution is 5.88. The molecule has 1 aliphatic rings. The fraction of sp³-hybridized carbons (Fsp3) is 0.600. The van der Waals surface area contributed by atoms with Crippen molar-refractivity contribution in [2.45, 2.75) is 26.2 Å². The summed E-state index contributed by atoms with van der Waals surface area (Å²) < 4.78 is 11.0. The van der Waals surface area contributed by atoms with Gasteiger partial charge < -0.3 is 25.4 Å². The lowest BCUT2D eigenvalue weighted by atomic mass is 10.1. The molecule has 0 radical (unpaired) electrons. The van der Waals surface area contributed by atoms with Crippen LogP contribution < -0.4 is 16.0 Å². The SMILES string of the molecule is CN=C(NCCCOCC1CCOC1)NCCc1ccc(NC(C)=O)cc1. The average molecular weight is 377 g/mol. The zero-order valence-electron chi connectivity index (χ0n) is 16.4. The highest BCUT2D eigenvalue weighted by Crippen LogP contribution is 2.12. The van der Waals surface area contributed by atoms with E-state index in [0.717, 1.165) is 70.4 Å². The first-order valence-electron chi connectivity index (χ1n) is 9.64. The van der Waals surface area contributed by atoms with Crippen LogP contribution in [0.4, 0.5) is 5.69 Å². The van der Waals surface area contributed by atoms with Crippen molar-refractivity contribution >= 4 is 17.6 Å². The van der Waals surface area contributed by atoms with E-state index >= 15 is 0 Å². The van der Waals surface area contributed by atoms with Crippen LogP contribution in [0.1, 0.15) is 25.3 Å². The molecular weight excluding hydrogens is 344 g/mol. The maximum absolute atomic E-state index is 11.0. The van der Waals surface area contributed by atoms with E-state index in [0.29, 0.717) is 5.92 Å². The molecule has 0 aliphatic carbocycles. The number of guanidine groups is 1. The predicted molar refractivity (Wildman–Crippen MR) is 108 cm³/mol. The molecule has 1 aromatic carbocycles. The van der Waals surface area contributed by atoms with E-state index in [1.54, 1.807) is 7.05 Å².